The van der Waals surface area contributed by atoms with Crippen molar-refractivity contribution in [2.24, 2.45) is 0 Å². The maximum absolute atomic E-state index is 14.4. The third-order valence-electron chi connectivity index (χ3n) is 3.49. The number of aromatic carboxylic acids is 1. The molecule has 0 unspecified atom stereocenters. The molecule has 0 saturated carbocycles. The fourth-order valence-corrected chi connectivity index (χ4v) is 3.59. The van der Waals surface area contributed by atoms with Crippen molar-refractivity contribution in [3.63, 3.8) is 0 Å². The predicted octanol–water partition coefficient (Wildman–Crippen LogP) is 4.36. The minimum Gasteiger partial charge on any atom is -0.478 e. The van der Waals surface area contributed by atoms with Crippen molar-refractivity contribution in [2.45, 2.75) is 43.2 Å². The van der Waals surface area contributed by atoms with Crippen LogP contribution in [0, 0.1) is 0 Å². The molecule has 1 aromatic carbocycles. The van der Waals surface area contributed by atoms with Crippen LogP contribution in [-0.4, -0.2) is 33.4 Å². The molecule has 1 atom stereocenters. The Bertz CT molecular complexity index is 681. The predicted molar refractivity (Wildman–Crippen MR) is 74.6 cm³/mol. The second-order valence-electron chi connectivity index (χ2n) is 4.92. The SMILES string of the molecule is CCc1c(C(=O)O)ccc(C(F)(C(F)(F)F)C(F)(F)F)c1[S@](=O)CC. The van der Waals surface area contributed by atoms with E-state index >= 15 is 0 Å². The fourth-order valence-electron chi connectivity index (χ4n) is 2.32. The molecule has 0 aliphatic heterocycles. The van der Waals surface area contributed by atoms with Gasteiger partial charge in [-0.05, 0) is 18.1 Å². The fraction of sp³-hybridized carbons (Fsp3) is 0.500. The summed E-state index contributed by atoms with van der Waals surface area (Å²) >= 11 is 0. The molecule has 0 saturated heterocycles. The number of rotatable bonds is 5. The third-order valence-corrected chi connectivity index (χ3v) is 4.93. The molecule has 0 spiro atoms. The Labute approximate surface area is 140 Å². The quantitative estimate of drug-likeness (QED) is 0.755. The average molecular weight is 394 g/mol. The van der Waals surface area contributed by atoms with Gasteiger partial charge >= 0.3 is 24.0 Å². The highest BCUT2D eigenvalue weighted by atomic mass is 32.2. The molecule has 1 aromatic rings. The molecule has 1 N–H and O–H groups in total. The monoisotopic (exact) mass is 394 g/mol. The smallest absolute Gasteiger partial charge is 0.435 e. The zero-order valence-electron chi connectivity index (χ0n) is 12.9. The Hall–Kier alpha value is -1.65. The molecule has 11 heteroatoms. The first kappa shape index (κ1) is 21.4. The molecule has 3 nitrogen and oxygen atoms in total. The van der Waals surface area contributed by atoms with Gasteiger partial charge in [0.1, 0.15) is 0 Å². The maximum Gasteiger partial charge on any atom is 0.435 e. The molecule has 1 rings (SSSR count). The zero-order valence-corrected chi connectivity index (χ0v) is 13.7. The van der Waals surface area contributed by atoms with E-state index in [1.165, 1.54) is 13.8 Å². The van der Waals surface area contributed by atoms with Gasteiger partial charge in [0.2, 0.25) is 0 Å². The van der Waals surface area contributed by atoms with Gasteiger partial charge in [-0.2, -0.15) is 26.3 Å². The van der Waals surface area contributed by atoms with Gasteiger partial charge in [-0.3, -0.25) is 4.21 Å². The van der Waals surface area contributed by atoms with Crippen molar-refractivity contribution in [1.29, 1.82) is 0 Å². The second-order valence-corrected chi connectivity index (χ2v) is 6.59. The van der Waals surface area contributed by atoms with Crippen LogP contribution in [0.5, 0.6) is 0 Å². The van der Waals surface area contributed by atoms with Gasteiger partial charge in [-0.1, -0.05) is 19.9 Å². The number of hydrogen-bond acceptors (Lipinski definition) is 2. The second kappa shape index (κ2) is 6.93. The number of benzene rings is 1. The number of carboxylic acids is 1. The van der Waals surface area contributed by atoms with Gasteiger partial charge in [0.05, 0.1) is 16.4 Å². The number of carbonyl (C=O) groups is 1. The summed E-state index contributed by atoms with van der Waals surface area (Å²) in [6, 6.07) is 0.547. The summed E-state index contributed by atoms with van der Waals surface area (Å²) in [6.07, 6.45) is -13.1. The summed E-state index contributed by atoms with van der Waals surface area (Å²) in [7, 11) is -2.46. The summed E-state index contributed by atoms with van der Waals surface area (Å²) < 4.78 is 105. The van der Waals surface area contributed by atoms with Gasteiger partial charge in [-0.15, -0.1) is 0 Å². The van der Waals surface area contributed by atoms with Crippen LogP contribution in [0.1, 0.15) is 35.3 Å². The highest BCUT2D eigenvalue weighted by Gasteiger charge is 2.74. The first-order valence-electron chi connectivity index (χ1n) is 6.84. The van der Waals surface area contributed by atoms with E-state index < -0.39 is 62.1 Å². The van der Waals surface area contributed by atoms with E-state index in [4.69, 9.17) is 5.11 Å². The van der Waals surface area contributed by atoms with Crippen LogP contribution >= 0.6 is 0 Å². The molecular weight excluding hydrogens is 381 g/mol. The Kier molecular flexibility index (Phi) is 5.93. The van der Waals surface area contributed by atoms with Crippen LogP contribution in [-0.2, 0) is 22.9 Å². The van der Waals surface area contributed by atoms with Crippen molar-refractivity contribution >= 4 is 16.8 Å². The molecular formula is C14H13F7O3S. The van der Waals surface area contributed by atoms with Crippen molar-refractivity contribution in [3.8, 4) is 0 Å². The van der Waals surface area contributed by atoms with E-state index in [0.717, 1.165) is 0 Å². The van der Waals surface area contributed by atoms with Crippen LogP contribution in [0.25, 0.3) is 0 Å². The Morgan fingerprint density at radius 2 is 1.52 bits per heavy atom. The molecule has 0 amide bonds. The van der Waals surface area contributed by atoms with Gasteiger partial charge in [0, 0.05) is 16.2 Å². The van der Waals surface area contributed by atoms with E-state index in [1.54, 1.807) is 0 Å². The lowest BCUT2D eigenvalue weighted by molar-refractivity contribution is -0.349. The van der Waals surface area contributed by atoms with Crippen LogP contribution in [0.4, 0.5) is 30.7 Å². The molecule has 0 aliphatic carbocycles. The molecule has 142 valence electrons. The number of halogens is 7. The van der Waals surface area contributed by atoms with Crippen LogP contribution in [0.15, 0.2) is 17.0 Å². The van der Waals surface area contributed by atoms with Gasteiger partial charge < -0.3 is 5.11 Å². The summed E-state index contributed by atoms with van der Waals surface area (Å²) in [5.74, 6) is -2.06. The topological polar surface area (TPSA) is 54.4 Å². The van der Waals surface area contributed by atoms with E-state index in [2.05, 4.69) is 0 Å². The lowest BCUT2D eigenvalue weighted by atomic mass is 9.90. The highest BCUT2D eigenvalue weighted by molar-refractivity contribution is 7.85. The Morgan fingerprint density at radius 3 is 1.84 bits per heavy atom. The highest BCUT2D eigenvalue weighted by Crippen LogP contribution is 2.55. The summed E-state index contributed by atoms with van der Waals surface area (Å²) in [5, 5.41) is 9.05. The molecule has 0 radical (unpaired) electrons. The summed E-state index contributed by atoms with van der Waals surface area (Å²) in [6.45, 7) is 2.46. The standard InChI is InChI=1S/C14H13F7O3S/c1-3-7-8(11(22)23)5-6-9(10(7)25(24)4-2)12(15,13(16,17)18)14(19,20)21/h5-6H,3-4H2,1-2H3,(H,22,23)/t25-/m1/s1. The third kappa shape index (κ3) is 3.51. The van der Waals surface area contributed by atoms with Crippen molar-refractivity contribution in [2.75, 3.05) is 5.75 Å². The van der Waals surface area contributed by atoms with Crippen LogP contribution in [0.2, 0.25) is 0 Å². The van der Waals surface area contributed by atoms with E-state index in [-0.39, 0.29) is 12.5 Å². The van der Waals surface area contributed by atoms with Crippen molar-refractivity contribution in [1.82, 2.24) is 0 Å². The lowest BCUT2D eigenvalue weighted by Gasteiger charge is -2.32. The Morgan fingerprint density at radius 1 is 1.04 bits per heavy atom. The van der Waals surface area contributed by atoms with Crippen molar-refractivity contribution in [3.05, 3.63) is 28.8 Å². The summed E-state index contributed by atoms with van der Waals surface area (Å²) in [4.78, 5) is 10.1. The molecule has 0 aromatic heterocycles. The van der Waals surface area contributed by atoms with Gasteiger partial charge in [0.15, 0.2) is 0 Å². The molecule has 0 bridgehead atoms. The largest absolute Gasteiger partial charge is 0.478 e. The van der Waals surface area contributed by atoms with Gasteiger partial charge in [0.25, 0.3) is 0 Å². The molecule has 0 heterocycles. The number of carboxylic acid groups (broad SMARTS) is 1. The molecule has 25 heavy (non-hydrogen) atoms. The Balaban J connectivity index is 4.04. The molecule has 0 aliphatic rings. The van der Waals surface area contributed by atoms with Crippen molar-refractivity contribution < 1.29 is 44.8 Å². The molecule has 0 fully saturated rings. The number of hydrogen-bond donors (Lipinski definition) is 1. The first-order chi connectivity index (χ1) is 11.2. The minimum atomic E-state index is -6.38. The summed E-state index contributed by atoms with van der Waals surface area (Å²) in [5.41, 5.74) is -8.83. The zero-order chi connectivity index (χ0) is 19.8. The van der Waals surface area contributed by atoms with Gasteiger partial charge in [-0.25, -0.2) is 9.18 Å². The van der Waals surface area contributed by atoms with Crippen LogP contribution < -0.4 is 0 Å². The lowest BCUT2D eigenvalue weighted by Crippen LogP contribution is -2.51. The average Bonchev–Trinajstić information content (AvgIpc) is 2.49. The first-order valence-corrected chi connectivity index (χ1v) is 8.16. The van der Waals surface area contributed by atoms with E-state index in [1.807, 2.05) is 0 Å². The maximum atomic E-state index is 14.4. The van der Waals surface area contributed by atoms with Crippen LogP contribution in [0.3, 0.4) is 0 Å². The normalized spacial score (nSPS) is 14.4. The minimum absolute atomic E-state index is 0.0898. The number of alkyl halides is 7. The van der Waals surface area contributed by atoms with E-state index in [0.29, 0.717) is 6.07 Å². The van der Waals surface area contributed by atoms with E-state index in [9.17, 15) is 39.7 Å².